The Morgan fingerprint density at radius 3 is 2.72 bits per heavy atom. The lowest BCUT2D eigenvalue weighted by molar-refractivity contribution is -0.145. The molecule has 0 spiro atoms. The van der Waals surface area contributed by atoms with Crippen molar-refractivity contribution in [3.8, 4) is 0 Å². The van der Waals surface area contributed by atoms with Gasteiger partial charge in [0, 0.05) is 13.1 Å². The van der Waals surface area contributed by atoms with E-state index < -0.39 is 0 Å². The van der Waals surface area contributed by atoms with Crippen molar-refractivity contribution in [3.05, 3.63) is 22.4 Å². The second-order valence-electron chi connectivity index (χ2n) is 4.15. The minimum absolute atomic E-state index is 0.0115. The largest absolute Gasteiger partial charge is 0.469 e. The Balaban J connectivity index is 2.70. The normalized spacial score (nSPS) is 11.9. The zero-order valence-electron chi connectivity index (χ0n) is 11.0. The van der Waals surface area contributed by atoms with Crippen LogP contribution >= 0.6 is 11.3 Å². The van der Waals surface area contributed by atoms with Crippen molar-refractivity contribution in [1.82, 2.24) is 4.90 Å². The van der Waals surface area contributed by atoms with Crippen LogP contribution in [-0.2, 0) is 9.53 Å². The molecule has 1 heterocycles. The van der Waals surface area contributed by atoms with Gasteiger partial charge in [-0.3, -0.25) is 9.59 Å². The van der Waals surface area contributed by atoms with Crippen LogP contribution in [0.5, 0.6) is 0 Å². The number of ether oxygens (including phenoxy) is 1. The lowest BCUT2D eigenvalue weighted by atomic mass is 10.1. The summed E-state index contributed by atoms with van der Waals surface area (Å²) < 4.78 is 4.69. The molecule has 0 aliphatic heterocycles. The molecule has 0 bridgehead atoms. The van der Waals surface area contributed by atoms with Gasteiger partial charge in [0.1, 0.15) is 0 Å². The van der Waals surface area contributed by atoms with Gasteiger partial charge in [0.2, 0.25) is 0 Å². The molecule has 1 rings (SSSR count). The van der Waals surface area contributed by atoms with Crippen LogP contribution in [0.4, 0.5) is 0 Å². The van der Waals surface area contributed by atoms with Crippen LogP contribution in [0, 0.1) is 5.92 Å². The van der Waals surface area contributed by atoms with Gasteiger partial charge in [-0.1, -0.05) is 19.9 Å². The summed E-state index contributed by atoms with van der Waals surface area (Å²) in [5.41, 5.74) is 0. The second kappa shape index (κ2) is 7.16. The molecule has 1 atom stereocenters. The number of hydrogen-bond donors (Lipinski definition) is 0. The first-order valence-electron chi connectivity index (χ1n) is 6.00. The summed E-state index contributed by atoms with van der Waals surface area (Å²) in [6.07, 6.45) is 0.866. The third-order valence-corrected chi connectivity index (χ3v) is 3.47. The number of nitrogens with zero attached hydrogens (tertiary/aromatic N) is 1. The van der Waals surface area contributed by atoms with Gasteiger partial charge in [-0.2, -0.15) is 0 Å². The predicted octanol–water partition coefficient (Wildman–Crippen LogP) is 2.41. The average molecular weight is 269 g/mol. The molecule has 100 valence electrons. The SMILES string of the molecule is CCCN(CC(C)C(=O)OC)C(=O)c1cccs1. The minimum Gasteiger partial charge on any atom is -0.469 e. The van der Waals surface area contributed by atoms with E-state index >= 15 is 0 Å². The number of amides is 1. The van der Waals surface area contributed by atoms with Crippen LogP contribution in [0.3, 0.4) is 0 Å². The van der Waals surface area contributed by atoms with Gasteiger partial charge >= 0.3 is 5.97 Å². The van der Waals surface area contributed by atoms with E-state index in [0.717, 1.165) is 6.42 Å². The fourth-order valence-electron chi connectivity index (χ4n) is 1.71. The molecule has 5 heteroatoms. The fourth-order valence-corrected chi connectivity index (χ4v) is 2.40. The summed E-state index contributed by atoms with van der Waals surface area (Å²) in [5, 5.41) is 1.88. The molecule has 1 unspecified atom stereocenters. The summed E-state index contributed by atoms with van der Waals surface area (Å²) in [5.74, 6) is -0.594. The molecule has 0 aliphatic rings. The maximum Gasteiger partial charge on any atom is 0.310 e. The van der Waals surface area contributed by atoms with Crippen molar-refractivity contribution < 1.29 is 14.3 Å². The summed E-state index contributed by atoms with van der Waals surface area (Å²) in [7, 11) is 1.37. The van der Waals surface area contributed by atoms with E-state index in [-0.39, 0.29) is 17.8 Å². The van der Waals surface area contributed by atoms with Crippen LogP contribution in [0.2, 0.25) is 0 Å². The van der Waals surface area contributed by atoms with Crippen LogP contribution < -0.4 is 0 Å². The maximum absolute atomic E-state index is 12.2. The lowest BCUT2D eigenvalue weighted by Crippen LogP contribution is -2.37. The van der Waals surface area contributed by atoms with E-state index in [0.29, 0.717) is 18.0 Å². The molecular formula is C13H19NO3S. The molecule has 18 heavy (non-hydrogen) atoms. The lowest BCUT2D eigenvalue weighted by Gasteiger charge is -2.24. The van der Waals surface area contributed by atoms with Gasteiger partial charge < -0.3 is 9.64 Å². The second-order valence-corrected chi connectivity index (χ2v) is 5.10. The van der Waals surface area contributed by atoms with Crippen molar-refractivity contribution in [2.24, 2.45) is 5.92 Å². The van der Waals surface area contributed by atoms with E-state index in [9.17, 15) is 9.59 Å². The van der Waals surface area contributed by atoms with Crippen molar-refractivity contribution >= 4 is 23.2 Å². The molecule has 1 aromatic rings. The number of thiophene rings is 1. The van der Waals surface area contributed by atoms with Crippen LogP contribution in [-0.4, -0.2) is 37.0 Å². The van der Waals surface area contributed by atoms with Crippen LogP contribution in [0.1, 0.15) is 29.9 Å². The van der Waals surface area contributed by atoms with Gasteiger partial charge in [-0.25, -0.2) is 0 Å². The van der Waals surface area contributed by atoms with E-state index in [1.807, 2.05) is 18.4 Å². The standard InChI is InChI=1S/C13H19NO3S/c1-4-7-14(9-10(2)13(16)17-3)12(15)11-6-5-8-18-11/h5-6,8,10H,4,7,9H2,1-3H3. The van der Waals surface area contributed by atoms with Gasteiger partial charge in [0.15, 0.2) is 0 Å². The van der Waals surface area contributed by atoms with Crippen LogP contribution in [0.15, 0.2) is 17.5 Å². The molecule has 1 amide bonds. The Morgan fingerprint density at radius 2 is 2.22 bits per heavy atom. The Hall–Kier alpha value is -1.36. The van der Waals surface area contributed by atoms with Gasteiger partial charge in [0.05, 0.1) is 17.9 Å². The minimum atomic E-state index is -0.300. The number of esters is 1. The number of hydrogen-bond acceptors (Lipinski definition) is 4. The smallest absolute Gasteiger partial charge is 0.310 e. The fraction of sp³-hybridized carbons (Fsp3) is 0.538. The van der Waals surface area contributed by atoms with E-state index in [2.05, 4.69) is 4.74 Å². The molecule has 0 N–H and O–H groups in total. The molecule has 0 saturated heterocycles. The number of rotatable bonds is 6. The first-order valence-corrected chi connectivity index (χ1v) is 6.88. The highest BCUT2D eigenvalue weighted by Gasteiger charge is 2.22. The molecule has 1 aromatic heterocycles. The third kappa shape index (κ3) is 3.84. The molecule has 0 aliphatic carbocycles. The predicted molar refractivity (Wildman–Crippen MR) is 71.7 cm³/mol. The maximum atomic E-state index is 12.2. The molecule has 0 saturated carbocycles. The van der Waals surface area contributed by atoms with Crippen molar-refractivity contribution in [1.29, 1.82) is 0 Å². The molecule has 0 fully saturated rings. The zero-order valence-corrected chi connectivity index (χ0v) is 11.8. The molecular weight excluding hydrogens is 250 g/mol. The number of methoxy groups -OCH3 is 1. The van der Waals surface area contributed by atoms with E-state index in [4.69, 9.17) is 0 Å². The average Bonchev–Trinajstić information content (AvgIpc) is 2.90. The Morgan fingerprint density at radius 1 is 1.50 bits per heavy atom. The van der Waals surface area contributed by atoms with Gasteiger partial charge in [-0.05, 0) is 17.9 Å². The van der Waals surface area contributed by atoms with E-state index in [1.165, 1.54) is 18.4 Å². The first-order chi connectivity index (χ1) is 8.60. The summed E-state index contributed by atoms with van der Waals surface area (Å²) in [6.45, 7) is 4.84. The third-order valence-electron chi connectivity index (χ3n) is 2.61. The summed E-state index contributed by atoms with van der Waals surface area (Å²) >= 11 is 1.42. The van der Waals surface area contributed by atoms with Crippen molar-refractivity contribution in [2.45, 2.75) is 20.3 Å². The first kappa shape index (κ1) is 14.7. The van der Waals surface area contributed by atoms with Crippen molar-refractivity contribution in [2.75, 3.05) is 20.2 Å². The topological polar surface area (TPSA) is 46.6 Å². The van der Waals surface area contributed by atoms with Gasteiger partial charge in [-0.15, -0.1) is 11.3 Å². The molecule has 0 radical (unpaired) electrons. The van der Waals surface area contributed by atoms with E-state index in [1.54, 1.807) is 17.9 Å². The van der Waals surface area contributed by atoms with Crippen molar-refractivity contribution in [3.63, 3.8) is 0 Å². The molecule has 0 aromatic carbocycles. The Labute approximate surface area is 112 Å². The van der Waals surface area contributed by atoms with Crippen LogP contribution in [0.25, 0.3) is 0 Å². The van der Waals surface area contributed by atoms with Gasteiger partial charge in [0.25, 0.3) is 5.91 Å². The highest BCUT2D eigenvalue weighted by Crippen LogP contribution is 2.14. The number of carbonyl (C=O) groups excluding carboxylic acids is 2. The monoisotopic (exact) mass is 269 g/mol. The number of carbonyl (C=O) groups is 2. The Bertz CT molecular complexity index is 389. The zero-order chi connectivity index (χ0) is 13.5. The summed E-state index contributed by atoms with van der Waals surface area (Å²) in [6, 6.07) is 3.66. The highest BCUT2D eigenvalue weighted by atomic mass is 32.1. The summed E-state index contributed by atoms with van der Waals surface area (Å²) in [4.78, 5) is 26.1. The highest BCUT2D eigenvalue weighted by molar-refractivity contribution is 7.12. The quantitative estimate of drug-likeness (QED) is 0.745. The Kier molecular flexibility index (Phi) is 5.85. The molecule has 4 nitrogen and oxygen atoms in total.